The van der Waals surface area contributed by atoms with E-state index in [-0.39, 0.29) is 23.0 Å². The van der Waals surface area contributed by atoms with Crippen molar-refractivity contribution >= 4 is 38.0 Å². The van der Waals surface area contributed by atoms with Crippen molar-refractivity contribution in [2.75, 3.05) is 24.3 Å². The lowest BCUT2D eigenvalue weighted by Gasteiger charge is -2.03. The zero-order chi connectivity index (χ0) is 10.5. The van der Waals surface area contributed by atoms with Gasteiger partial charge in [0.2, 0.25) is 10.0 Å². The molecule has 0 amide bonds. The van der Waals surface area contributed by atoms with Crippen LogP contribution in [0.4, 0.5) is 0 Å². The Hall–Kier alpha value is -0.0500. The van der Waals surface area contributed by atoms with Crippen LogP contribution >= 0.6 is 12.2 Å². The molecule has 13 heavy (non-hydrogen) atoms. The molecule has 0 rings (SSSR count). The van der Waals surface area contributed by atoms with Crippen LogP contribution in [0.25, 0.3) is 0 Å². The van der Waals surface area contributed by atoms with Gasteiger partial charge in [0.15, 0.2) is 0 Å². The Morgan fingerprint density at radius 1 is 1.62 bits per heavy atom. The molecule has 0 bridgehead atoms. The molecule has 0 aliphatic rings. The molecule has 0 saturated heterocycles. The highest BCUT2D eigenvalue weighted by Crippen LogP contribution is 1.84. The van der Waals surface area contributed by atoms with Gasteiger partial charge in [-0.2, -0.15) is 0 Å². The van der Waals surface area contributed by atoms with Gasteiger partial charge in [-0.3, -0.25) is 4.21 Å². The van der Waals surface area contributed by atoms with E-state index in [1.54, 1.807) is 0 Å². The van der Waals surface area contributed by atoms with E-state index in [1.165, 1.54) is 6.26 Å². The minimum Gasteiger partial charge on any atom is -0.392 e. The maximum atomic E-state index is 11.0. The smallest absolute Gasteiger partial charge is 0.218 e. The summed E-state index contributed by atoms with van der Waals surface area (Å²) < 4.78 is 34.9. The van der Waals surface area contributed by atoms with Crippen LogP contribution in [0.15, 0.2) is 0 Å². The predicted octanol–water partition coefficient (Wildman–Crippen LogP) is -1.43. The first kappa shape index (κ1) is 12.9. The van der Waals surface area contributed by atoms with Crippen molar-refractivity contribution in [2.24, 2.45) is 5.73 Å². The predicted molar refractivity (Wildman–Crippen MR) is 57.5 cm³/mol. The molecule has 0 heterocycles. The minimum absolute atomic E-state index is 0.0786. The lowest BCUT2D eigenvalue weighted by molar-refractivity contribution is 0.588. The van der Waals surface area contributed by atoms with Crippen LogP contribution in [0.1, 0.15) is 0 Å². The zero-order valence-electron chi connectivity index (χ0n) is 7.15. The number of thiocarbonyl (C=S) groups is 1. The topological polar surface area (TPSA) is 89.3 Å². The van der Waals surface area contributed by atoms with E-state index in [0.717, 1.165) is 0 Å². The summed E-state index contributed by atoms with van der Waals surface area (Å²) in [5.41, 5.74) is 5.06. The molecule has 0 aromatic heterocycles. The fourth-order valence-electron chi connectivity index (χ4n) is 0.579. The number of hydrogen-bond donors (Lipinski definition) is 2. The SMILES string of the molecule is CS(=O)CCNS(=O)(=O)CC(N)=S. The number of hydrogen-bond acceptors (Lipinski definition) is 4. The maximum Gasteiger partial charge on any atom is 0.218 e. The van der Waals surface area contributed by atoms with Crippen LogP contribution in [-0.2, 0) is 20.8 Å². The normalized spacial score (nSPS) is 13.9. The molecule has 0 aliphatic carbocycles. The van der Waals surface area contributed by atoms with Gasteiger partial charge in [-0.1, -0.05) is 12.2 Å². The van der Waals surface area contributed by atoms with Gasteiger partial charge >= 0.3 is 0 Å². The van der Waals surface area contributed by atoms with Crippen LogP contribution in [0.5, 0.6) is 0 Å². The molecule has 5 nitrogen and oxygen atoms in total. The highest BCUT2D eigenvalue weighted by molar-refractivity contribution is 7.92. The van der Waals surface area contributed by atoms with Crippen molar-refractivity contribution < 1.29 is 12.6 Å². The van der Waals surface area contributed by atoms with Crippen molar-refractivity contribution in [1.82, 2.24) is 4.72 Å². The standard InChI is InChI=1S/C5H12N2O3S3/c1-12(8)3-2-7-13(9,10)4-5(6)11/h7H,2-4H2,1H3,(H2,6,11). The molecular formula is C5H12N2O3S3. The van der Waals surface area contributed by atoms with Crippen molar-refractivity contribution in [3.8, 4) is 0 Å². The third kappa shape index (κ3) is 8.28. The molecular weight excluding hydrogens is 232 g/mol. The Bertz CT molecular complexity index is 298. The molecule has 0 radical (unpaired) electrons. The molecule has 0 aliphatic heterocycles. The van der Waals surface area contributed by atoms with Gasteiger partial charge in [0.05, 0.1) is 4.99 Å². The first-order valence-electron chi connectivity index (χ1n) is 3.39. The number of nitrogens with one attached hydrogen (secondary N) is 1. The monoisotopic (exact) mass is 244 g/mol. The molecule has 1 atom stereocenters. The average Bonchev–Trinajstić information content (AvgIpc) is 1.81. The lowest BCUT2D eigenvalue weighted by Crippen LogP contribution is -2.34. The first-order valence-corrected chi connectivity index (χ1v) is 7.18. The quantitative estimate of drug-likeness (QED) is 0.559. The highest BCUT2D eigenvalue weighted by Gasteiger charge is 2.10. The fraction of sp³-hybridized carbons (Fsp3) is 0.800. The van der Waals surface area contributed by atoms with Crippen LogP contribution < -0.4 is 10.5 Å². The minimum atomic E-state index is -3.43. The Balaban J connectivity index is 3.91. The Labute approximate surface area is 85.6 Å². The molecule has 0 aromatic carbocycles. The van der Waals surface area contributed by atoms with Gasteiger partial charge in [-0.15, -0.1) is 0 Å². The highest BCUT2D eigenvalue weighted by atomic mass is 32.2. The van der Waals surface area contributed by atoms with Gasteiger partial charge in [-0.05, 0) is 0 Å². The van der Waals surface area contributed by atoms with Gasteiger partial charge in [0.1, 0.15) is 5.75 Å². The fourth-order valence-corrected chi connectivity index (χ4v) is 2.45. The van der Waals surface area contributed by atoms with Crippen LogP contribution in [0.3, 0.4) is 0 Å². The number of rotatable bonds is 6. The second kappa shape index (κ2) is 5.63. The van der Waals surface area contributed by atoms with E-state index < -0.39 is 20.8 Å². The summed E-state index contributed by atoms with van der Waals surface area (Å²) in [6.45, 7) is 0.147. The van der Waals surface area contributed by atoms with E-state index in [9.17, 15) is 12.6 Å². The molecule has 1 unspecified atom stereocenters. The molecule has 8 heteroatoms. The van der Waals surface area contributed by atoms with E-state index in [4.69, 9.17) is 5.73 Å². The van der Waals surface area contributed by atoms with Gasteiger partial charge in [-0.25, -0.2) is 13.1 Å². The van der Waals surface area contributed by atoms with Crippen molar-refractivity contribution in [3.63, 3.8) is 0 Å². The molecule has 0 saturated carbocycles. The van der Waals surface area contributed by atoms with Crippen molar-refractivity contribution in [2.45, 2.75) is 0 Å². The largest absolute Gasteiger partial charge is 0.392 e. The zero-order valence-corrected chi connectivity index (χ0v) is 9.60. The molecule has 0 spiro atoms. The van der Waals surface area contributed by atoms with Crippen molar-refractivity contribution in [3.05, 3.63) is 0 Å². The summed E-state index contributed by atoms with van der Waals surface area (Å²) >= 11 is 4.44. The number of nitrogens with two attached hydrogens (primary N) is 1. The summed E-state index contributed by atoms with van der Waals surface area (Å²) in [5, 5.41) is 0. The third-order valence-electron chi connectivity index (χ3n) is 1.04. The summed E-state index contributed by atoms with van der Waals surface area (Å²) in [5.74, 6) is -0.0742. The molecule has 78 valence electrons. The second-order valence-corrected chi connectivity index (χ2v) is 6.28. The summed E-state index contributed by atoms with van der Waals surface area (Å²) in [7, 11) is -4.43. The number of sulfonamides is 1. The van der Waals surface area contributed by atoms with Gasteiger partial charge in [0, 0.05) is 29.4 Å². The first-order chi connectivity index (χ1) is 5.83. The van der Waals surface area contributed by atoms with E-state index >= 15 is 0 Å². The van der Waals surface area contributed by atoms with Crippen LogP contribution in [0.2, 0.25) is 0 Å². The van der Waals surface area contributed by atoms with Gasteiger partial charge in [0.25, 0.3) is 0 Å². The van der Waals surface area contributed by atoms with Crippen LogP contribution in [-0.4, -0.2) is 41.9 Å². The summed E-state index contributed by atoms with van der Waals surface area (Å²) in [6.07, 6.45) is 1.50. The maximum absolute atomic E-state index is 11.0. The summed E-state index contributed by atoms with van der Waals surface area (Å²) in [4.78, 5) is -0.0786. The van der Waals surface area contributed by atoms with Gasteiger partial charge < -0.3 is 5.73 Å². The van der Waals surface area contributed by atoms with E-state index in [1.807, 2.05) is 0 Å². The van der Waals surface area contributed by atoms with Crippen molar-refractivity contribution in [1.29, 1.82) is 0 Å². The van der Waals surface area contributed by atoms with Crippen LogP contribution in [0, 0.1) is 0 Å². The second-order valence-electron chi connectivity index (χ2n) is 2.40. The Kier molecular flexibility index (Phi) is 5.61. The Morgan fingerprint density at radius 3 is 2.54 bits per heavy atom. The molecule has 0 aromatic rings. The molecule has 3 N–H and O–H groups in total. The van der Waals surface area contributed by atoms with E-state index in [2.05, 4.69) is 16.9 Å². The molecule has 0 fully saturated rings. The lowest BCUT2D eigenvalue weighted by atomic mass is 10.8. The van der Waals surface area contributed by atoms with E-state index in [0.29, 0.717) is 0 Å². The summed E-state index contributed by atoms with van der Waals surface area (Å²) in [6, 6.07) is 0. The third-order valence-corrected chi connectivity index (χ3v) is 3.48. The Morgan fingerprint density at radius 2 is 2.15 bits per heavy atom. The average molecular weight is 244 g/mol.